The van der Waals surface area contributed by atoms with Gasteiger partial charge >= 0.3 is 0 Å². The summed E-state index contributed by atoms with van der Waals surface area (Å²) in [5.41, 5.74) is 4.32. The van der Waals surface area contributed by atoms with Gasteiger partial charge in [0.25, 0.3) is 0 Å². The zero-order chi connectivity index (χ0) is 20.4. The van der Waals surface area contributed by atoms with Gasteiger partial charge in [-0.15, -0.1) is 0 Å². The molecule has 0 radical (unpaired) electrons. The second-order valence-electron chi connectivity index (χ2n) is 7.16. The molecule has 4 rings (SSSR count). The molecule has 0 heterocycles. The Hall–Kier alpha value is -3.20. The number of benzene rings is 4. The summed E-state index contributed by atoms with van der Waals surface area (Å²) >= 11 is 0. The molecule has 0 aliphatic carbocycles. The van der Waals surface area contributed by atoms with Gasteiger partial charge in [0.2, 0.25) is 0 Å². The Morgan fingerprint density at radius 2 is 1.48 bits per heavy atom. The standard InChI is InChI=1S/C26H22F2O/c1-3-4-17-5-7-18(8-6-17)19-9-12-22-20(15-19)10-13-23(26(22)28)21-11-14-25(29-2)24(27)16-21/h5-16H,3-4H2,1-2H3. The Labute approximate surface area is 169 Å². The fourth-order valence-corrected chi connectivity index (χ4v) is 3.68. The van der Waals surface area contributed by atoms with Crippen LogP contribution < -0.4 is 4.74 Å². The van der Waals surface area contributed by atoms with E-state index in [9.17, 15) is 4.39 Å². The third-order valence-electron chi connectivity index (χ3n) is 5.24. The lowest BCUT2D eigenvalue weighted by molar-refractivity contribution is 0.386. The number of fused-ring (bicyclic) bond motifs is 1. The maximum atomic E-state index is 15.2. The summed E-state index contributed by atoms with van der Waals surface area (Å²) in [5, 5.41) is 1.33. The zero-order valence-corrected chi connectivity index (χ0v) is 16.5. The average Bonchev–Trinajstić information content (AvgIpc) is 2.74. The summed E-state index contributed by atoms with van der Waals surface area (Å²) in [6, 6.07) is 22.3. The molecule has 0 N–H and O–H groups in total. The normalized spacial score (nSPS) is 11.0. The molecular formula is C26H22F2O. The van der Waals surface area contributed by atoms with E-state index in [-0.39, 0.29) is 11.6 Å². The van der Waals surface area contributed by atoms with Crippen molar-refractivity contribution in [3.05, 3.63) is 90.0 Å². The SMILES string of the molecule is CCCc1ccc(-c2ccc3c(F)c(-c4ccc(OC)c(F)c4)ccc3c2)cc1. The van der Waals surface area contributed by atoms with E-state index in [1.54, 1.807) is 18.2 Å². The van der Waals surface area contributed by atoms with Crippen LogP contribution >= 0.6 is 0 Å². The monoisotopic (exact) mass is 388 g/mol. The molecule has 0 aromatic heterocycles. The highest BCUT2D eigenvalue weighted by atomic mass is 19.1. The molecule has 0 atom stereocenters. The zero-order valence-electron chi connectivity index (χ0n) is 16.5. The first-order valence-electron chi connectivity index (χ1n) is 9.76. The van der Waals surface area contributed by atoms with Crippen molar-refractivity contribution in [1.29, 1.82) is 0 Å². The van der Waals surface area contributed by atoms with E-state index in [0.717, 1.165) is 29.4 Å². The molecule has 29 heavy (non-hydrogen) atoms. The first-order valence-corrected chi connectivity index (χ1v) is 9.76. The first kappa shape index (κ1) is 19.1. The Balaban J connectivity index is 1.72. The lowest BCUT2D eigenvalue weighted by atomic mass is 9.96. The highest BCUT2D eigenvalue weighted by Gasteiger charge is 2.12. The van der Waals surface area contributed by atoms with Gasteiger partial charge < -0.3 is 4.74 Å². The van der Waals surface area contributed by atoms with Gasteiger partial charge in [-0.05, 0) is 52.3 Å². The molecule has 4 aromatic rings. The van der Waals surface area contributed by atoms with Crippen molar-refractivity contribution < 1.29 is 13.5 Å². The maximum Gasteiger partial charge on any atom is 0.165 e. The van der Waals surface area contributed by atoms with Gasteiger partial charge in [0.05, 0.1) is 7.11 Å². The smallest absolute Gasteiger partial charge is 0.165 e. The second kappa shape index (κ2) is 8.04. The van der Waals surface area contributed by atoms with Crippen LogP contribution in [0.1, 0.15) is 18.9 Å². The molecule has 0 unspecified atom stereocenters. The van der Waals surface area contributed by atoms with Crippen molar-refractivity contribution in [2.75, 3.05) is 7.11 Å². The quantitative estimate of drug-likeness (QED) is 0.346. The fourth-order valence-electron chi connectivity index (χ4n) is 3.68. The van der Waals surface area contributed by atoms with E-state index >= 15 is 4.39 Å². The number of ether oxygens (including phenoxy) is 1. The van der Waals surface area contributed by atoms with Gasteiger partial charge in [0.1, 0.15) is 5.82 Å². The Kier molecular flexibility index (Phi) is 5.30. The number of methoxy groups -OCH3 is 1. The number of aryl methyl sites for hydroxylation is 1. The molecule has 146 valence electrons. The first-order chi connectivity index (χ1) is 14.1. The van der Waals surface area contributed by atoms with Crippen molar-refractivity contribution >= 4 is 10.8 Å². The van der Waals surface area contributed by atoms with Crippen molar-refractivity contribution in [3.8, 4) is 28.0 Å². The molecule has 0 spiro atoms. The van der Waals surface area contributed by atoms with Crippen LogP contribution in [-0.2, 0) is 6.42 Å². The van der Waals surface area contributed by atoms with E-state index in [2.05, 4.69) is 31.2 Å². The molecule has 0 aliphatic heterocycles. The molecule has 0 amide bonds. The van der Waals surface area contributed by atoms with Gasteiger partial charge in [0.15, 0.2) is 11.6 Å². The van der Waals surface area contributed by atoms with Crippen molar-refractivity contribution in [2.45, 2.75) is 19.8 Å². The van der Waals surface area contributed by atoms with Crippen molar-refractivity contribution in [2.24, 2.45) is 0 Å². The van der Waals surface area contributed by atoms with Gasteiger partial charge in [-0.3, -0.25) is 0 Å². The van der Waals surface area contributed by atoms with Crippen LogP contribution in [0, 0.1) is 11.6 Å². The van der Waals surface area contributed by atoms with Gasteiger partial charge in [0, 0.05) is 10.9 Å². The minimum atomic E-state index is -0.508. The lowest BCUT2D eigenvalue weighted by Gasteiger charge is -2.10. The molecular weight excluding hydrogens is 366 g/mol. The molecule has 0 bridgehead atoms. The van der Waals surface area contributed by atoms with E-state index < -0.39 is 5.82 Å². The van der Waals surface area contributed by atoms with Crippen LogP contribution in [0.15, 0.2) is 72.8 Å². The number of halogens is 2. The van der Waals surface area contributed by atoms with Crippen LogP contribution in [0.2, 0.25) is 0 Å². The highest BCUT2D eigenvalue weighted by molar-refractivity contribution is 5.91. The molecule has 0 saturated carbocycles. The predicted molar refractivity (Wildman–Crippen MR) is 115 cm³/mol. The van der Waals surface area contributed by atoms with Gasteiger partial charge in [-0.2, -0.15) is 0 Å². The molecule has 4 aromatic carbocycles. The minimum absolute atomic E-state index is 0.143. The average molecular weight is 388 g/mol. The van der Waals surface area contributed by atoms with Crippen LogP contribution in [0.4, 0.5) is 8.78 Å². The van der Waals surface area contributed by atoms with Crippen molar-refractivity contribution in [1.82, 2.24) is 0 Å². The third kappa shape index (κ3) is 3.73. The van der Waals surface area contributed by atoms with Crippen LogP contribution in [0.3, 0.4) is 0 Å². The largest absolute Gasteiger partial charge is 0.494 e. The van der Waals surface area contributed by atoms with E-state index in [1.165, 1.54) is 24.8 Å². The predicted octanol–water partition coefficient (Wildman–Crippen LogP) is 7.41. The topological polar surface area (TPSA) is 9.23 Å². The Morgan fingerprint density at radius 3 is 2.17 bits per heavy atom. The number of hydrogen-bond acceptors (Lipinski definition) is 1. The van der Waals surface area contributed by atoms with E-state index in [0.29, 0.717) is 16.5 Å². The van der Waals surface area contributed by atoms with Gasteiger partial charge in [-0.1, -0.05) is 67.9 Å². The molecule has 0 saturated heterocycles. The van der Waals surface area contributed by atoms with Crippen LogP contribution in [0.5, 0.6) is 5.75 Å². The summed E-state index contributed by atoms with van der Waals surface area (Å²) in [7, 11) is 1.41. The summed E-state index contributed by atoms with van der Waals surface area (Å²) in [6.07, 6.45) is 2.19. The van der Waals surface area contributed by atoms with Crippen LogP contribution in [0.25, 0.3) is 33.0 Å². The lowest BCUT2D eigenvalue weighted by Crippen LogP contribution is -1.91. The summed E-state index contributed by atoms with van der Waals surface area (Å²) in [5.74, 6) is -0.715. The second-order valence-corrected chi connectivity index (χ2v) is 7.16. The third-order valence-corrected chi connectivity index (χ3v) is 5.24. The van der Waals surface area contributed by atoms with E-state index in [1.807, 2.05) is 18.2 Å². The fraction of sp³-hybridized carbons (Fsp3) is 0.154. The number of rotatable bonds is 5. The summed E-state index contributed by atoms with van der Waals surface area (Å²) in [6.45, 7) is 2.17. The Bertz CT molecular complexity index is 1160. The van der Waals surface area contributed by atoms with E-state index in [4.69, 9.17) is 4.74 Å². The maximum absolute atomic E-state index is 15.2. The molecule has 3 heteroatoms. The Morgan fingerprint density at radius 1 is 0.759 bits per heavy atom. The molecule has 1 nitrogen and oxygen atoms in total. The minimum Gasteiger partial charge on any atom is -0.494 e. The number of hydrogen-bond donors (Lipinski definition) is 0. The van der Waals surface area contributed by atoms with Crippen LogP contribution in [-0.4, -0.2) is 7.11 Å². The molecule has 0 aliphatic rings. The summed E-state index contributed by atoms with van der Waals surface area (Å²) in [4.78, 5) is 0. The van der Waals surface area contributed by atoms with Gasteiger partial charge in [-0.25, -0.2) is 8.78 Å². The highest BCUT2D eigenvalue weighted by Crippen LogP contribution is 2.33. The van der Waals surface area contributed by atoms with Crippen molar-refractivity contribution in [3.63, 3.8) is 0 Å². The summed E-state index contributed by atoms with van der Waals surface area (Å²) < 4.78 is 34.2. The molecule has 0 fully saturated rings.